The van der Waals surface area contributed by atoms with E-state index >= 15 is 0 Å². The number of hydrogen-bond donors (Lipinski definition) is 0. The van der Waals surface area contributed by atoms with Crippen molar-refractivity contribution in [3.05, 3.63) is 47.0 Å². The highest BCUT2D eigenvalue weighted by Crippen LogP contribution is 2.83. The zero-order valence-electron chi connectivity index (χ0n) is 24.3. The summed E-state index contributed by atoms with van der Waals surface area (Å²) in [5, 5.41) is 0. The molecular weight excluding hydrogens is 434 g/mol. The summed E-state index contributed by atoms with van der Waals surface area (Å²) in [4.78, 5) is 30.6. The van der Waals surface area contributed by atoms with Gasteiger partial charge in [-0.25, -0.2) is 0 Å². The van der Waals surface area contributed by atoms with Gasteiger partial charge in [0.25, 0.3) is 0 Å². The first kappa shape index (κ1) is 27.5. The number of likely N-dealkylation sites (tertiary alicyclic amines) is 1. The van der Waals surface area contributed by atoms with Crippen LogP contribution in [0.4, 0.5) is 0 Å². The molecule has 1 aromatic carbocycles. The molecule has 194 valence electrons. The number of methoxy groups -OCH3 is 1. The van der Waals surface area contributed by atoms with Crippen molar-refractivity contribution in [1.29, 1.82) is 0 Å². The molecule has 0 saturated carbocycles. The molecule has 1 saturated heterocycles. The van der Waals surface area contributed by atoms with Gasteiger partial charge in [0.15, 0.2) is 0 Å². The topological polar surface area (TPSA) is 46.6 Å². The van der Waals surface area contributed by atoms with Crippen LogP contribution in [0.3, 0.4) is 0 Å². The van der Waals surface area contributed by atoms with Gasteiger partial charge < -0.3 is 9.64 Å². The lowest BCUT2D eigenvalue weighted by atomic mass is 9.29. The van der Waals surface area contributed by atoms with Gasteiger partial charge in [0.05, 0.1) is 18.7 Å². The van der Waals surface area contributed by atoms with Crippen LogP contribution in [0.25, 0.3) is 0 Å². The summed E-state index contributed by atoms with van der Waals surface area (Å²) in [6.07, 6.45) is 0.410. The van der Waals surface area contributed by atoms with E-state index in [0.29, 0.717) is 6.42 Å². The Morgan fingerprint density at radius 1 is 0.829 bits per heavy atom. The van der Waals surface area contributed by atoms with Crippen LogP contribution < -0.4 is 0 Å². The number of carbonyl (C=O) groups is 2. The standard InChI is InChI=1S/C31H47NO3/c1-26(2,3)19-21(33)32-24(20-17-15-14-16-18-20)30(25(34)35-13)22(27(4,5)6)23(28(7,8)9)31(30,32)29(10,11)12/h14-18,24H,19H2,1-13H3/t24-,30+,31-/m0/s1. The maximum Gasteiger partial charge on any atom is 0.321 e. The predicted molar refractivity (Wildman–Crippen MR) is 143 cm³/mol. The van der Waals surface area contributed by atoms with Crippen molar-refractivity contribution in [1.82, 2.24) is 4.90 Å². The maximum absolute atomic E-state index is 14.3. The Morgan fingerprint density at radius 2 is 1.31 bits per heavy atom. The first-order valence-electron chi connectivity index (χ1n) is 12.9. The molecule has 35 heavy (non-hydrogen) atoms. The molecule has 2 aliphatic rings. The highest BCUT2D eigenvalue weighted by molar-refractivity contribution is 5.97. The Morgan fingerprint density at radius 3 is 1.69 bits per heavy atom. The molecule has 0 bridgehead atoms. The minimum Gasteiger partial charge on any atom is -0.468 e. The number of ether oxygens (including phenoxy) is 1. The molecule has 0 spiro atoms. The number of carbonyl (C=O) groups excluding carboxylic acids is 2. The van der Waals surface area contributed by atoms with Crippen LogP contribution in [-0.4, -0.2) is 29.4 Å². The third kappa shape index (κ3) is 3.61. The lowest BCUT2D eigenvalue weighted by molar-refractivity contribution is -0.259. The van der Waals surface area contributed by atoms with Crippen molar-refractivity contribution in [2.45, 2.75) is 101 Å². The Balaban J connectivity index is 2.54. The van der Waals surface area contributed by atoms with Crippen LogP contribution in [0.1, 0.15) is 101 Å². The minimum atomic E-state index is -0.949. The Bertz CT molecular complexity index is 1040. The molecule has 1 aliphatic carbocycles. The lowest BCUT2D eigenvalue weighted by Crippen LogP contribution is -2.90. The van der Waals surface area contributed by atoms with Crippen molar-refractivity contribution in [2.24, 2.45) is 27.1 Å². The van der Waals surface area contributed by atoms with Crippen LogP contribution in [0.2, 0.25) is 0 Å². The number of hydrogen-bond acceptors (Lipinski definition) is 3. The third-order valence-corrected chi connectivity index (χ3v) is 7.76. The Labute approximate surface area is 213 Å². The van der Waals surface area contributed by atoms with Gasteiger partial charge in [-0.15, -0.1) is 0 Å². The zero-order valence-corrected chi connectivity index (χ0v) is 24.3. The summed E-state index contributed by atoms with van der Waals surface area (Å²) in [7, 11) is 1.49. The predicted octanol–water partition coefficient (Wildman–Crippen LogP) is 7.35. The number of rotatable bonds is 3. The third-order valence-electron chi connectivity index (χ3n) is 7.76. The molecule has 1 aromatic rings. The van der Waals surface area contributed by atoms with Gasteiger partial charge >= 0.3 is 5.97 Å². The molecule has 0 radical (unpaired) electrons. The van der Waals surface area contributed by atoms with Gasteiger partial charge in [-0.1, -0.05) is 113 Å². The van der Waals surface area contributed by atoms with Crippen molar-refractivity contribution in [3.63, 3.8) is 0 Å². The van der Waals surface area contributed by atoms with Gasteiger partial charge in [-0.2, -0.15) is 0 Å². The van der Waals surface area contributed by atoms with E-state index in [1.807, 2.05) is 18.2 Å². The summed E-state index contributed by atoms with van der Waals surface area (Å²) in [5.74, 6) is -0.144. The quantitative estimate of drug-likeness (QED) is 0.335. The van der Waals surface area contributed by atoms with E-state index in [-0.39, 0.29) is 28.1 Å². The second kappa shape index (κ2) is 7.95. The molecule has 1 amide bonds. The summed E-state index contributed by atoms with van der Waals surface area (Å²) in [5.41, 5.74) is 0.493. The number of esters is 1. The number of amides is 1. The fraction of sp³-hybridized carbons (Fsp3) is 0.677. The highest BCUT2D eigenvalue weighted by atomic mass is 16.5. The molecule has 3 atom stereocenters. The summed E-state index contributed by atoms with van der Waals surface area (Å²) >= 11 is 0. The molecule has 0 unspecified atom stereocenters. The normalized spacial score (nSPS) is 27.1. The molecular formula is C31H47NO3. The number of benzene rings is 1. The van der Waals surface area contributed by atoms with Gasteiger partial charge in [-0.05, 0) is 38.4 Å². The molecule has 0 aromatic heterocycles. The summed E-state index contributed by atoms with van der Waals surface area (Å²) < 4.78 is 5.66. The van der Waals surface area contributed by atoms with Gasteiger partial charge in [-0.3, -0.25) is 9.59 Å². The van der Waals surface area contributed by atoms with Crippen molar-refractivity contribution in [2.75, 3.05) is 7.11 Å². The van der Waals surface area contributed by atoms with E-state index < -0.39 is 22.4 Å². The molecule has 4 nitrogen and oxygen atoms in total. The first-order valence-corrected chi connectivity index (χ1v) is 12.9. The molecule has 3 rings (SSSR count). The minimum absolute atomic E-state index is 0.0931. The van der Waals surface area contributed by atoms with Gasteiger partial charge in [0.2, 0.25) is 5.91 Å². The maximum atomic E-state index is 14.3. The summed E-state index contributed by atoms with van der Waals surface area (Å²) in [6, 6.07) is 9.66. The first-order chi connectivity index (χ1) is 15.7. The van der Waals surface area contributed by atoms with Crippen LogP contribution in [0.5, 0.6) is 0 Å². The van der Waals surface area contributed by atoms with Crippen molar-refractivity contribution >= 4 is 11.9 Å². The smallest absolute Gasteiger partial charge is 0.321 e. The second-order valence-electron chi connectivity index (χ2n) is 14.8. The Hall–Kier alpha value is -2.10. The van der Waals surface area contributed by atoms with E-state index in [9.17, 15) is 9.59 Å². The number of nitrogens with zero attached hydrogens (tertiary/aromatic N) is 1. The fourth-order valence-electron chi connectivity index (χ4n) is 7.30. The number of fused-ring (bicyclic) bond motifs is 1. The molecule has 1 aliphatic heterocycles. The molecule has 0 N–H and O–H groups in total. The molecule has 1 heterocycles. The van der Waals surface area contributed by atoms with Crippen LogP contribution in [0.15, 0.2) is 41.5 Å². The largest absolute Gasteiger partial charge is 0.468 e. The van der Waals surface area contributed by atoms with Crippen LogP contribution in [0, 0.1) is 27.1 Å². The molecule has 4 heteroatoms. The second-order valence-corrected chi connectivity index (χ2v) is 14.8. The van der Waals surface area contributed by atoms with E-state index in [2.05, 4.69) is 100 Å². The fourth-order valence-corrected chi connectivity index (χ4v) is 7.30. The van der Waals surface area contributed by atoms with Gasteiger partial charge in [0, 0.05) is 6.42 Å². The van der Waals surface area contributed by atoms with Crippen molar-refractivity contribution < 1.29 is 14.3 Å². The monoisotopic (exact) mass is 481 g/mol. The van der Waals surface area contributed by atoms with Crippen molar-refractivity contribution in [3.8, 4) is 0 Å². The average Bonchev–Trinajstić information content (AvgIpc) is 2.64. The van der Waals surface area contributed by atoms with Gasteiger partial charge in [0.1, 0.15) is 5.41 Å². The van der Waals surface area contributed by atoms with Crippen LogP contribution >= 0.6 is 0 Å². The Kier molecular flexibility index (Phi) is 6.24. The highest BCUT2D eigenvalue weighted by Gasteiger charge is 2.89. The van der Waals surface area contributed by atoms with E-state index in [1.54, 1.807) is 0 Å². The van der Waals surface area contributed by atoms with E-state index in [4.69, 9.17) is 4.74 Å². The average molecular weight is 482 g/mol. The van der Waals surface area contributed by atoms with Crippen LogP contribution in [-0.2, 0) is 14.3 Å². The molecule has 1 fully saturated rings. The zero-order chi connectivity index (χ0) is 27.0. The van der Waals surface area contributed by atoms with E-state index in [1.165, 1.54) is 12.7 Å². The van der Waals surface area contributed by atoms with E-state index in [0.717, 1.165) is 11.1 Å². The summed E-state index contributed by atoms with van der Waals surface area (Å²) in [6.45, 7) is 26.0. The lowest BCUT2D eigenvalue weighted by Gasteiger charge is -2.83. The SMILES string of the molecule is COC(=O)[C@]12C(C(C)(C)C)=C(C(C)(C)C)[C@@]1(C(C)(C)C)N(C(=O)CC(C)(C)C)[C@H]2c1ccccc1.